The number of ether oxygens (including phenoxy) is 2. The molecule has 9 rings (SSSR count). The number of piperidine rings is 2. The van der Waals surface area contributed by atoms with Crippen LogP contribution in [-0.4, -0.2) is 128 Å². The number of nitrogens with one attached hydrogen (secondary N) is 1. The third-order valence-electron chi connectivity index (χ3n) is 13.7. The Hall–Kier alpha value is -5.80. The van der Waals surface area contributed by atoms with Gasteiger partial charge >= 0.3 is 0 Å². The van der Waals surface area contributed by atoms with Crippen molar-refractivity contribution in [1.29, 1.82) is 0 Å². The number of piperazine rings is 1. The number of fused-ring (bicyclic) bond motifs is 2. The van der Waals surface area contributed by atoms with Crippen molar-refractivity contribution in [3.63, 3.8) is 0 Å². The van der Waals surface area contributed by atoms with Gasteiger partial charge in [0.05, 0.1) is 36.3 Å². The Labute approximate surface area is 348 Å². The first kappa shape index (κ1) is 39.6. The van der Waals surface area contributed by atoms with Gasteiger partial charge in [-0.2, -0.15) is 0 Å². The number of carbonyl (C=O) groups is 4. The first-order chi connectivity index (χ1) is 28.9. The van der Waals surface area contributed by atoms with Crippen LogP contribution >= 0.6 is 0 Å². The van der Waals surface area contributed by atoms with Gasteiger partial charge in [0, 0.05) is 95.4 Å². The summed E-state index contributed by atoms with van der Waals surface area (Å²) < 4.78 is 13.6. The molecular formula is C45H52N8O7. The lowest BCUT2D eigenvalue weighted by Crippen LogP contribution is -2.59. The number of nitrogens with zero attached hydrogens (tertiary/aromatic N) is 7. The summed E-state index contributed by atoms with van der Waals surface area (Å²) in [7, 11) is 9.02. The number of likely N-dealkylation sites (tertiary alicyclic amines) is 1. The molecule has 0 radical (unpaired) electrons. The number of anilines is 2. The highest BCUT2D eigenvalue weighted by molar-refractivity contribution is 6.23. The number of pyridine rings is 2. The van der Waals surface area contributed by atoms with Crippen molar-refractivity contribution in [2.24, 2.45) is 12.5 Å². The van der Waals surface area contributed by atoms with Crippen LogP contribution in [0.5, 0.6) is 11.5 Å². The van der Waals surface area contributed by atoms with E-state index in [9.17, 15) is 24.0 Å². The van der Waals surface area contributed by atoms with Crippen LogP contribution in [0.15, 0.2) is 53.6 Å². The van der Waals surface area contributed by atoms with Gasteiger partial charge in [-0.3, -0.25) is 44.0 Å². The van der Waals surface area contributed by atoms with Crippen LogP contribution < -0.4 is 30.1 Å². The van der Waals surface area contributed by atoms with Gasteiger partial charge in [-0.25, -0.2) is 4.98 Å². The molecule has 4 aliphatic heterocycles. The number of aromatic nitrogens is 2. The molecule has 4 aromatic rings. The van der Waals surface area contributed by atoms with E-state index in [1.54, 1.807) is 44.2 Å². The van der Waals surface area contributed by atoms with Crippen LogP contribution in [0.25, 0.3) is 21.9 Å². The molecule has 0 bridgehead atoms. The number of methoxy groups -OCH3 is 2. The minimum absolute atomic E-state index is 0.0955. The maximum Gasteiger partial charge on any atom is 0.262 e. The number of carbonyl (C=O) groups excluding carboxylic acids is 4. The molecule has 4 fully saturated rings. The van der Waals surface area contributed by atoms with E-state index in [4.69, 9.17) is 9.47 Å². The third kappa shape index (κ3) is 6.86. The fourth-order valence-corrected chi connectivity index (χ4v) is 10.1. The van der Waals surface area contributed by atoms with E-state index in [-0.39, 0.29) is 24.3 Å². The molecular weight excluding hydrogens is 765 g/mol. The normalized spacial score (nSPS) is 21.1. The number of hydrogen-bond donors (Lipinski definition) is 1. The highest BCUT2D eigenvalue weighted by Gasteiger charge is 2.48. The zero-order valence-corrected chi connectivity index (χ0v) is 35.0. The summed E-state index contributed by atoms with van der Waals surface area (Å²) in [4.78, 5) is 78.6. The minimum atomic E-state index is -0.970. The third-order valence-corrected chi connectivity index (χ3v) is 13.7. The number of benzene rings is 2. The molecule has 1 saturated carbocycles. The molecule has 1 N–H and O–H groups in total. The number of amides is 4. The summed E-state index contributed by atoms with van der Waals surface area (Å²) in [5, 5.41) is 3.64. The van der Waals surface area contributed by atoms with Crippen LogP contribution in [0, 0.1) is 5.41 Å². The largest absolute Gasteiger partial charge is 0.496 e. The zero-order chi connectivity index (χ0) is 42.0. The second-order valence-electron chi connectivity index (χ2n) is 17.3. The topological polar surface area (TPSA) is 150 Å². The molecule has 3 saturated heterocycles. The Morgan fingerprint density at radius 3 is 2.17 bits per heavy atom. The van der Waals surface area contributed by atoms with Gasteiger partial charge < -0.3 is 23.8 Å². The van der Waals surface area contributed by atoms with Crippen molar-refractivity contribution in [3.05, 3.63) is 75.8 Å². The summed E-state index contributed by atoms with van der Waals surface area (Å²) in [6.07, 6.45) is 8.46. The standard InChI is InChI=1S/C45H52N8O7/c1-48(2)39-21-31-33(24-46-39)42(56)49(3)25-34(31)27-18-37(59-4)35(38(19-27)60-5)26-50-12-10-45(11-13-50)22-29(23-45)52-16-14-51(15-17-52)28-6-7-30-32(20-28)44(58)53(43(30)57)36-8-9-40(54)47-41(36)55/h6-7,18-21,24-25,29,36H,8-17,22-23,26H2,1-5H3,(H,47,54,55). The van der Waals surface area contributed by atoms with Crippen molar-refractivity contribution >= 4 is 45.9 Å². The van der Waals surface area contributed by atoms with Gasteiger partial charge in [0.1, 0.15) is 23.4 Å². The van der Waals surface area contributed by atoms with Crippen LogP contribution in [-0.2, 0) is 23.2 Å². The average Bonchev–Trinajstić information content (AvgIpc) is 3.49. The van der Waals surface area contributed by atoms with Gasteiger partial charge in [-0.15, -0.1) is 0 Å². The maximum atomic E-state index is 13.4. The molecule has 2 aromatic heterocycles. The summed E-state index contributed by atoms with van der Waals surface area (Å²) in [5.74, 6) is 0.333. The molecule has 1 atom stereocenters. The highest BCUT2D eigenvalue weighted by Crippen LogP contribution is 2.51. The quantitative estimate of drug-likeness (QED) is 0.246. The maximum absolute atomic E-state index is 13.4. The number of aryl methyl sites for hydroxylation is 1. The number of imide groups is 2. The molecule has 6 heterocycles. The lowest BCUT2D eigenvalue weighted by atomic mass is 9.60. The Morgan fingerprint density at radius 1 is 0.833 bits per heavy atom. The van der Waals surface area contributed by atoms with E-state index in [2.05, 4.69) is 37.1 Å². The molecule has 15 heteroatoms. The number of hydrogen-bond acceptors (Lipinski definition) is 12. The lowest BCUT2D eigenvalue weighted by Gasteiger charge is -2.56. The van der Waals surface area contributed by atoms with Gasteiger partial charge in [0.15, 0.2) is 0 Å². The average molecular weight is 817 g/mol. The second-order valence-corrected chi connectivity index (χ2v) is 17.3. The SMILES string of the molecule is COc1cc(-c2cn(C)c(=O)c3cnc(N(C)C)cc23)cc(OC)c1CN1CCC2(CC1)CC(N1CCN(c3ccc4c(c3)C(=O)N(C3CCC(=O)NC3=O)C4=O)CC1)C2. The Morgan fingerprint density at radius 2 is 1.52 bits per heavy atom. The second kappa shape index (κ2) is 15.3. The summed E-state index contributed by atoms with van der Waals surface area (Å²) >= 11 is 0. The van der Waals surface area contributed by atoms with Crippen LogP contribution in [0.4, 0.5) is 11.5 Å². The predicted molar refractivity (Wildman–Crippen MR) is 227 cm³/mol. The van der Waals surface area contributed by atoms with Crippen LogP contribution in [0.3, 0.4) is 0 Å². The van der Waals surface area contributed by atoms with Gasteiger partial charge in [-0.05, 0) is 92.6 Å². The van der Waals surface area contributed by atoms with E-state index < -0.39 is 23.8 Å². The van der Waals surface area contributed by atoms with E-state index >= 15 is 0 Å². The monoisotopic (exact) mass is 816 g/mol. The molecule has 1 unspecified atom stereocenters. The Kier molecular flexibility index (Phi) is 10.1. The summed E-state index contributed by atoms with van der Waals surface area (Å²) in [6.45, 7) is 6.22. The fourth-order valence-electron chi connectivity index (χ4n) is 10.1. The molecule has 2 aromatic carbocycles. The Balaban J connectivity index is 0.807. The molecule has 1 spiro atoms. The molecule has 15 nitrogen and oxygen atoms in total. The predicted octanol–water partition coefficient (Wildman–Crippen LogP) is 3.65. The van der Waals surface area contributed by atoms with E-state index in [0.29, 0.717) is 34.5 Å². The Bertz CT molecular complexity index is 2450. The molecule has 4 amide bonds. The van der Waals surface area contributed by atoms with Gasteiger partial charge in [0.25, 0.3) is 17.4 Å². The van der Waals surface area contributed by atoms with Crippen LogP contribution in [0.1, 0.15) is 64.8 Å². The first-order valence-electron chi connectivity index (χ1n) is 20.9. The van der Waals surface area contributed by atoms with E-state index in [0.717, 1.165) is 102 Å². The van der Waals surface area contributed by atoms with Crippen molar-refractivity contribution < 1.29 is 28.7 Å². The zero-order valence-electron chi connectivity index (χ0n) is 35.0. The van der Waals surface area contributed by atoms with Crippen LogP contribution in [0.2, 0.25) is 0 Å². The van der Waals surface area contributed by atoms with Crippen molar-refractivity contribution in [3.8, 4) is 22.6 Å². The van der Waals surface area contributed by atoms with Gasteiger partial charge in [0.2, 0.25) is 11.8 Å². The van der Waals surface area contributed by atoms with E-state index in [1.807, 2.05) is 37.3 Å². The summed E-state index contributed by atoms with van der Waals surface area (Å²) in [6, 6.07) is 11.0. The van der Waals surface area contributed by atoms with Crippen molar-refractivity contribution in [2.75, 3.05) is 77.4 Å². The molecule has 5 aliphatic rings. The molecule has 60 heavy (non-hydrogen) atoms. The van der Waals surface area contributed by atoms with E-state index in [1.165, 1.54) is 12.8 Å². The number of rotatable bonds is 9. The van der Waals surface area contributed by atoms with Crippen molar-refractivity contribution in [1.82, 2.24) is 29.6 Å². The fraction of sp³-hybridized carbons (Fsp3) is 0.467. The summed E-state index contributed by atoms with van der Waals surface area (Å²) in [5.41, 5.74) is 4.61. The molecule has 314 valence electrons. The van der Waals surface area contributed by atoms with Gasteiger partial charge in [-0.1, -0.05) is 0 Å². The highest BCUT2D eigenvalue weighted by atomic mass is 16.5. The lowest BCUT2D eigenvalue weighted by molar-refractivity contribution is -0.136. The smallest absolute Gasteiger partial charge is 0.262 e. The van der Waals surface area contributed by atoms with Crippen molar-refractivity contribution in [2.45, 2.75) is 57.2 Å². The molecule has 1 aliphatic carbocycles. The first-order valence-corrected chi connectivity index (χ1v) is 20.9. The minimum Gasteiger partial charge on any atom is -0.496 e.